The first-order valence-electron chi connectivity index (χ1n) is 9.72. The fourth-order valence-corrected chi connectivity index (χ4v) is 3.93. The SMILES string of the molecule is COc1ccc(-c2cc(C(F)(F)F)nc(S(=O)(=O)CCC(=O)NCc3ccccc3)n2)cc1. The van der Waals surface area contributed by atoms with Crippen molar-refractivity contribution in [3.8, 4) is 17.0 Å². The number of hydrogen-bond acceptors (Lipinski definition) is 6. The quantitative estimate of drug-likeness (QED) is 0.496. The van der Waals surface area contributed by atoms with E-state index in [2.05, 4.69) is 15.3 Å². The van der Waals surface area contributed by atoms with Gasteiger partial charge in [0.2, 0.25) is 20.9 Å². The van der Waals surface area contributed by atoms with Gasteiger partial charge in [-0.1, -0.05) is 30.3 Å². The van der Waals surface area contributed by atoms with Crippen molar-refractivity contribution in [1.82, 2.24) is 15.3 Å². The number of ether oxygens (including phenoxy) is 1. The van der Waals surface area contributed by atoms with Gasteiger partial charge in [-0.25, -0.2) is 18.4 Å². The molecule has 0 unspecified atom stereocenters. The molecule has 0 saturated heterocycles. The second kappa shape index (κ2) is 9.99. The third-order valence-corrected chi connectivity index (χ3v) is 6.07. The van der Waals surface area contributed by atoms with Gasteiger partial charge in [0, 0.05) is 18.5 Å². The van der Waals surface area contributed by atoms with Crippen LogP contribution in [-0.2, 0) is 27.4 Å². The number of methoxy groups -OCH3 is 1. The summed E-state index contributed by atoms with van der Waals surface area (Å²) in [5, 5.41) is 1.58. The Kier molecular flexibility index (Phi) is 7.32. The Bertz CT molecular complexity index is 1220. The first kappa shape index (κ1) is 24.2. The highest BCUT2D eigenvalue weighted by molar-refractivity contribution is 7.91. The second-order valence-electron chi connectivity index (χ2n) is 6.98. The Morgan fingerprint density at radius 1 is 1.03 bits per heavy atom. The smallest absolute Gasteiger partial charge is 0.433 e. The molecule has 0 bridgehead atoms. The van der Waals surface area contributed by atoms with Crippen LogP contribution in [0.25, 0.3) is 11.3 Å². The third kappa shape index (κ3) is 6.51. The lowest BCUT2D eigenvalue weighted by atomic mass is 10.1. The second-order valence-corrected chi connectivity index (χ2v) is 8.98. The maximum absolute atomic E-state index is 13.4. The molecule has 7 nitrogen and oxygen atoms in total. The van der Waals surface area contributed by atoms with E-state index in [4.69, 9.17) is 4.74 Å². The van der Waals surface area contributed by atoms with E-state index in [9.17, 15) is 26.4 Å². The van der Waals surface area contributed by atoms with Crippen molar-refractivity contribution in [2.75, 3.05) is 12.9 Å². The molecule has 1 amide bonds. The maximum Gasteiger partial charge on any atom is 0.433 e. The van der Waals surface area contributed by atoms with Crippen LogP contribution in [0.2, 0.25) is 0 Å². The number of aromatic nitrogens is 2. The molecule has 0 saturated carbocycles. The number of nitrogens with zero attached hydrogens (tertiary/aromatic N) is 2. The number of rotatable bonds is 8. The van der Waals surface area contributed by atoms with Crippen molar-refractivity contribution in [2.45, 2.75) is 24.3 Å². The van der Waals surface area contributed by atoms with Crippen molar-refractivity contribution in [1.29, 1.82) is 0 Å². The lowest BCUT2D eigenvalue weighted by Gasteiger charge is -2.11. The number of benzene rings is 2. The van der Waals surface area contributed by atoms with Crippen molar-refractivity contribution < 1.29 is 31.1 Å². The van der Waals surface area contributed by atoms with Crippen molar-refractivity contribution >= 4 is 15.7 Å². The predicted molar refractivity (Wildman–Crippen MR) is 114 cm³/mol. The molecule has 3 rings (SSSR count). The van der Waals surface area contributed by atoms with Gasteiger partial charge in [0.25, 0.3) is 0 Å². The predicted octanol–water partition coefficient (Wildman–Crippen LogP) is 3.65. The summed E-state index contributed by atoms with van der Waals surface area (Å²) in [6.45, 7) is 0.196. The molecule has 0 spiro atoms. The van der Waals surface area contributed by atoms with Crippen LogP contribution in [-0.4, -0.2) is 37.2 Å². The highest BCUT2D eigenvalue weighted by Crippen LogP contribution is 2.31. The third-order valence-electron chi connectivity index (χ3n) is 4.59. The van der Waals surface area contributed by atoms with E-state index < -0.39 is 44.9 Å². The van der Waals surface area contributed by atoms with E-state index in [0.29, 0.717) is 11.8 Å². The number of carbonyl (C=O) groups is 1. The van der Waals surface area contributed by atoms with E-state index >= 15 is 0 Å². The Morgan fingerprint density at radius 2 is 1.70 bits per heavy atom. The zero-order valence-electron chi connectivity index (χ0n) is 17.5. The van der Waals surface area contributed by atoms with E-state index in [0.717, 1.165) is 5.56 Å². The van der Waals surface area contributed by atoms with Crippen LogP contribution in [0, 0.1) is 0 Å². The monoisotopic (exact) mass is 479 g/mol. The number of halogens is 3. The zero-order valence-corrected chi connectivity index (χ0v) is 18.3. The van der Waals surface area contributed by atoms with Gasteiger partial charge < -0.3 is 10.1 Å². The van der Waals surface area contributed by atoms with Crippen molar-refractivity contribution in [3.05, 3.63) is 71.9 Å². The highest BCUT2D eigenvalue weighted by Gasteiger charge is 2.35. The van der Waals surface area contributed by atoms with Crippen LogP contribution >= 0.6 is 0 Å². The van der Waals surface area contributed by atoms with E-state index in [1.54, 1.807) is 24.3 Å². The molecule has 33 heavy (non-hydrogen) atoms. The molecular weight excluding hydrogens is 459 g/mol. The van der Waals surface area contributed by atoms with Crippen LogP contribution < -0.4 is 10.1 Å². The summed E-state index contributed by atoms with van der Waals surface area (Å²) in [6, 6.07) is 15.6. The fourth-order valence-electron chi connectivity index (χ4n) is 2.82. The standard InChI is InChI=1S/C22H20F3N3O4S/c1-32-17-9-7-16(8-10-17)18-13-19(22(23,24)25)28-21(27-18)33(30,31)12-11-20(29)26-14-15-5-3-2-4-6-15/h2-10,13H,11-12,14H2,1H3,(H,26,29). The number of hydrogen-bond donors (Lipinski definition) is 1. The summed E-state index contributed by atoms with van der Waals surface area (Å²) in [7, 11) is -2.94. The van der Waals surface area contributed by atoms with Gasteiger partial charge >= 0.3 is 6.18 Å². The van der Waals surface area contributed by atoms with Crippen LogP contribution in [0.3, 0.4) is 0 Å². The Balaban J connectivity index is 1.81. The summed E-state index contributed by atoms with van der Waals surface area (Å²) in [6.07, 6.45) is -5.34. The molecule has 0 radical (unpaired) electrons. The number of alkyl halides is 3. The normalized spacial score (nSPS) is 11.8. The molecule has 0 aliphatic heterocycles. The molecule has 174 valence electrons. The van der Waals surface area contributed by atoms with E-state index in [-0.39, 0.29) is 17.8 Å². The van der Waals surface area contributed by atoms with Gasteiger partial charge in [-0.05, 0) is 35.9 Å². The van der Waals surface area contributed by atoms with Gasteiger partial charge in [0.1, 0.15) is 11.4 Å². The molecule has 3 aromatic rings. The molecule has 11 heteroatoms. The average Bonchev–Trinajstić information content (AvgIpc) is 2.81. The molecule has 0 fully saturated rings. The minimum absolute atomic E-state index is 0.196. The molecule has 0 aliphatic carbocycles. The molecule has 1 heterocycles. The minimum Gasteiger partial charge on any atom is -0.497 e. The molecule has 1 aromatic heterocycles. The zero-order chi connectivity index (χ0) is 24.1. The van der Waals surface area contributed by atoms with Gasteiger partial charge in [-0.3, -0.25) is 4.79 Å². The number of carbonyl (C=O) groups excluding carboxylic acids is 1. The van der Waals surface area contributed by atoms with Crippen molar-refractivity contribution in [2.24, 2.45) is 0 Å². The molecule has 2 aromatic carbocycles. The summed E-state index contributed by atoms with van der Waals surface area (Å²) in [5.74, 6) is -0.834. The summed E-state index contributed by atoms with van der Waals surface area (Å²) in [5.41, 5.74) is -0.540. The van der Waals surface area contributed by atoms with Crippen LogP contribution in [0.1, 0.15) is 17.7 Å². The van der Waals surface area contributed by atoms with Crippen LogP contribution in [0.4, 0.5) is 13.2 Å². The van der Waals surface area contributed by atoms with Gasteiger partial charge in [0.15, 0.2) is 0 Å². The first-order chi connectivity index (χ1) is 15.6. The highest BCUT2D eigenvalue weighted by atomic mass is 32.2. The number of sulfone groups is 1. The van der Waals surface area contributed by atoms with E-state index in [1.807, 2.05) is 6.07 Å². The molecular formula is C22H20F3N3O4S. The summed E-state index contributed by atoms with van der Waals surface area (Å²) < 4.78 is 70.5. The first-order valence-corrected chi connectivity index (χ1v) is 11.4. The molecule has 0 aliphatic rings. The lowest BCUT2D eigenvalue weighted by molar-refractivity contribution is -0.141. The average molecular weight is 479 g/mol. The molecule has 1 N–H and O–H groups in total. The Labute approximate surface area is 188 Å². The van der Waals surface area contributed by atoms with Gasteiger partial charge in [-0.15, -0.1) is 0 Å². The topological polar surface area (TPSA) is 98.2 Å². The van der Waals surface area contributed by atoms with Crippen LogP contribution in [0.5, 0.6) is 5.75 Å². The Morgan fingerprint density at radius 3 is 2.30 bits per heavy atom. The summed E-state index contributed by atoms with van der Waals surface area (Å²) >= 11 is 0. The van der Waals surface area contributed by atoms with Gasteiger partial charge in [-0.2, -0.15) is 13.2 Å². The Hall–Kier alpha value is -3.47. The minimum atomic E-state index is -4.89. The van der Waals surface area contributed by atoms with Crippen LogP contribution in [0.15, 0.2) is 65.8 Å². The van der Waals surface area contributed by atoms with Gasteiger partial charge in [0.05, 0.1) is 18.6 Å². The lowest BCUT2D eigenvalue weighted by Crippen LogP contribution is -2.26. The fraction of sp³-hybridized carbons (Fsp3) is 0.227. The largest absolute Gasteiger partial charge is 0.497 e. The summed E-state index contributed by atoms with van der Waals surface area (Å²) in [4.78, 5) is 19.1. The number of amides is 1. The maximum atomic E-state index is 13.4. The van der Waals surface area contributed by atoms with Crippen molar-refractivity contribution in [3.63, 3.8) is 0 Å². The number of nitrogens with one attached hydrogen (secondary N) is 1. The molecule has 0 atom stereocenters. The van der Waals surface area contributed by atoms with E-state index in [1.165, 1.54) is 31.4 Å².